The van der Waals surface area contributed by atoms with Gasteiger partial charge in [-0.05, 0) is 110 Å². The third-order valence-corrected chi connectivity index (χ3v) is 13.3. The van der Waals surface area contributed by atoms with Crippen molar-refractivity contribution in [3.8, 4) is 17.2 Å². The van der Waals surface area contributed by atoms with Crippen molar-refractivity contribution in [3.63, 3.8) is 0 Å². The number of rotatable bonds is 22. The summed E-state index contributed by atoms with van der Waals surface area (Å²) in [6.45, 7) is 5.60. The van der Waals surface area contributed by atoms with E-state index < -0.39 is 24.0 Å². The molecule has 2 heterocycles. The van der Waals surface area contributed by atoms with Gasteiger partial charge in [0.1, 0.15) is 23.3 Å². The van der Waals surface area contributed by atoms with Gasteiger partial charge in [-0.15, -0.1) is 6.58 Å². The summed E-state index contributed by atoms with van der Waals surface area (Å²) in [4.78, 5) is 22.8. The molecule has 0 bridgehead atoms. The van der Waals surface area contributed by atoms with Crippen LogP contribution in [-0.4, -0.2) is 103 Å². The van der Waals surface area contributed by atoms with Crippen molar-refractivity contribution in [1.82, 2.24) is 4.90 Å². The highest BCUT2D eigenvalue weighted by Gasteiger charge is 2.66. The molecule has 0 aromatic heterocycles. The van der Waals surface area contributed by atoms with E-state index in [2.05, 4.69) is 43.0 Å². The summed E-state index contributed by atoms with van der Waals surface area (Å²) in [5, 5.41) is 36.7. The zero-order valence-corrected chi connectivity index (χ0v) is 35.9. The fourth-order valence-electron chi connectivity index (χ4n) is 10.3. The molecule has 3 N–H and O–H groups in total. The maximum Gasteiger partial charge on any atom is 0.239 e. The molecule has 3 fully saturated rings. The number of aliphatic hydroxyl groups excluding tert-OH is 3. The van der Waals surface area contributed by atoms with Crippen LogP contribution in [-0.2, 0) is 23.8 Å². The normalized spacial score (nSPS) is 27.1. The van der Waals surface area contributed by atoms with E-state index in [1.165, 1.54) is 0 Å². The minimum Gasteiger partial charge on any atom is -0.459 e. The summed E-state index contributed by atoms with van der Waals surface area (Å²) in [5.74, 6) is 0.136. The van der Waals surface area contributed by atoms with Gasteiger partial charge in [0, 0.05) is 50.0 Å². The average molecular weight is 853 g/mol. The highest BCUT2D eigenvalue weighted by atomic mass is 16.8. The number of carbonyl (C=O) groups excluding carboxylic acids is 1. The first-order valence-corrected chi connectivity index (χ1v) is 23.0. The molecule has 62 heavy (non-hydrogen) atoms. The van der Waals surface area contributed by atoms with Crippen molar-refractivity contribution in [1.29, 1.82) is 0 Å². The van der Waals surface area contributed by atoms with Crippen LogP contribution >= 0.6 is 0 Å². The second kappa shape index (κ2) is 20.9. The highest BCUT2D eigenvalue weighted by molar-refractivity contribution is 6.03. The minimum absolute atomic E-state index is 0.0229. The predicted octanol–water partition coefficient (Wildman–Crippen LogP) is 8.04. The van der Waals surface area contributed by atoms with E-state index in [1.54, 1.807) is 6.08 Å². The molecular formula is C50H64N2O10. The maximum absolute atomic E-state index is 14.6. The third kappa shape index (κ3) is 9.76. The number of allylic oxidation sites excluding steroid dienone is 1. The van der Waals surface area contributed by atoms with Crippen LogP contribution in [0.4, 0.5) is 0 Å². The summed E-state index contributed by atoms with van der Waals surface area (Å²) in [6, 6.07) is 19.7. The van der Waals surface area contributed by atoms with Gasteiger partial charge in [-0.25, -0.2) is 0 Å². The quantitative estimate of drug-likeness (QED) is 0.0516. The molecule has 334 valence electrons. The molecule has 12 nitrogen and oxygen atoms in total. The lowest BCUT2D eigenvalue weighted by molar-refractivity contribution is -0.258. The zero-order chi connectivity index (χ0) is 42.9. The van der Waals surface area contributed by atoms with Gasteiger partial charge in [-0.3, -0.25) is 4.79 Å². The van der Waals surface area contributed by atoms with Gasteiger partial charge in [0.15, 0.2) is 0 Å². The number of hydrogen-bond donors (Lipinski definition) is 3. The molecule has 2 saturated carbocycles. The smallest absolute Gasteiger partial charge is 0.239 e. The van der Waals surface area contributed by atoms with Gasteiger partial charge in [0.25, 0.3) is 0 Å². The number of ether oxygens (including phenoxy) is 5. The molecule has 0 radical (unpaired) electrons. The van der Waals surface area contributed by atoms with Gasteiger partial charge in [-0.1, -0.05) is 60.5 Å². The minimum atomic E-state index is -1.37. The van der Waals surface area contributed by atoms with E-state index in [0.29, 0.717) is 37.4 Å². The molecule has 3 aromatic rings. The Hall–Kier alpha value is -4.30. The number of carbonyl (C=O) groups is 1. The van der Waals surface area contributed by atoms with Crippen molar-refractivity contribution in [2.24, 2.45) is 28.8 Å². The number of aliphatic hydroxyl groups is 3. The molecule has 7 atom stereocenters. The van der Waals surface area contributed by atoms with Gasteiger partial charge in [0.05, 0.1) is 44.7 Å². The van der Waals surface area contributed by atoms with Crippen LogP contribution in [0, 0.1) is 23.7 Å². The standard InChI is InChI=1S/C50H64N2O10/c1-2-26-59-50-45(52(22-28-57-29-25-55)49(56)35-16-17-35)33-43(51-62-46-15-7-10-27-58-46)41-31-37(13-5-8-23-53)40(14-6-9-24-54)47(48(41)50)42-32-39(20-21-44(42)61-50)60-38-19-18-34-11-3-4-12-36(34)30-38/h2-4,11-12,18-21,30-32,35,37,40,45-48,53-55H,1,5-10,13-17,22-29,33H2. The van der Waals surface area contributed by atoms with Gasteiger partial charge in [-0.2, -0.15) is 0 Å². The summed E-state index contributed by atoms with van der Waals surface area (Å²) in [6.07, 6.45) is 12.9. The third-order valence-electron chi connectivity index (χ3n) is 13.3. The molecule has 12 heteroatoms. The van der Waals surface area contributed by atoms with E-state index >= 15 is 0 Å². The Labute approximate surface area is 365 Å². The first kappa shape index (κ1) is 44.3. The van der Waals surface area contributed by atoms with Crippen LogP contribution in [0.1, 0.15) is 88.5 Å². The zero-order valence-electron chi connectivity index (χ0n) is 35.9. The summed E-state index contributed by atoms with van der Waals surface area (Å²) in [5.41, 5.74) is 2.69. The Kier molecular flexibility index (Phi) is 15.0. The van der Waals surface area contributed by atoms with Crippen molar-refractivity contribution >= 4 is 22.4 Å². The summed E-state index contributed by atoms with van der Waals surface area (Å²) < 4.78 is 33.0. The molecule has 3 aliphatic carbocycles. The SMILES string of the molecule is C=CCOC12Oc3ccc(Oc4ccc5ccccc5c4)cc3C3C(CCCCO)C(CCCCO)C=C(C(=NOC4CCCCO4)CC1N(CCOCCO)C(=O)C1CC1)C32. The molecule has 1 saturated heterocycles. The Morgan fingerprint density at radius 1 is 0.903 bits per heavy atom. The molecule has 0 spiro atoms. The first-order valence-electron chi connectivity index (χ1n) is 23.0. The predicted molar refractivity (Wildman–Crippen MR) is 236 cm³/mol. The van der Waals surface area contributed by atoms with Crippen LogP contribution < -0.4 is 9.47 Å². The number of oxime groups is 1. The molecule has 1 amide bonds. The van der Waals surface area contributed by atoms with Gasteiger partial charge in [0.2, 0.25) is 18.0 Å². The lowest BCUT2D eigenvalue weighted by atomic mass is 9.55. The Bertz CT molecular complexity index is 2040. The van der Waals surface area contributed by atoms with E-state index in [1.807, 2.05) is 35.2 Å². The van der Waals surface area contributed by atoms with Crippen LogP contribution in [0.5, 0.6) is 17.2 Å². The van der Waals surface area contributed by atoms with Crippen molar-refractivity contribution in [3.05, 3.63) is 90.5 Å². The molecule has 7 unspecified atom stereocenters. The second-order valence-corrected chi connectivity index (χ2v) is 17.4. The second-order valence-electron chi connectivity index (χ2n) is 17.4. The number of benzene rings is 3. The lowest BCUT2D eigenvalue weighted by Gasteiger charge is -2.60. The summed E-state index contributed by atoms with van der Waals surface area (Å²) >= 11 is 0. The van der Waals surface area contributed by atoms with Crippen LogP contribution in [0.2, 0.25) is 0 Å². The monoisotopic (exact) mass is 852 g/mol. The fourth-order valence-corrected chi connectivity index (χ4v) is 10.3. The van der Waals surface area contributed by atoms with Crippen LogP contribution in [0.3, 0.4) is 0 Å². The number of unbranched alkanes of at least 4 members (excludes halogenated alkanes) is 2. The van der Waals surface area contributed by atoms with E-state index in [4.69, 9.17) is 33.7 Å². The molecular weight excluding hydrogens is 789 g/mol. The van der Waals surface area contributed by atoms with Gasteiger partial charge < -0.3 is 48.7 Å². The number of nitrogens with zero attached hydrogens (tertiary/aromatic N) is 2. The van der Waals surface area contributed by atoms with E-state index in [-0.39, 0.29) is 75.8 Å². The van der Waals surface area contributed by atoms with Crippen molar-refractivity contribution in [2.45, 2.75) is 101 Å². The summed E-state index contributed by atoms with van der Waals surface area (Å²) in [7, 11) is 0. The largest absolute Gasteiger partial charge is 0.459 e. The number of amides is 1. The van der Waals surface area contributed by atoms with Crippen LogP contribution in [0.15, 0.2) is 90.1 Å². The molecule has 3 aromatic carbocycles. The Balaban J connectivity index is 1.30. The Morgan fingerprint density at radius 2 is 1.69 bits per heavy atom. The Morgan fingerprint density at radius 3 is 2.45 bits per heavy atom. The topological polar surface area (TPSA) is 149 Å². The molecule has 2 aliphatic heterocycles. The van der Waals surface area contributed by atoms with Gasteiger partial charge >= 0.3 is 0 Å². The first-order chi connectivity index (χ1) is 30.5. The fraction of sp³-hybridized carbons (Fsp3) is 0.560. The molecule has 5 aliphatic rings. The number of hydrogen-bond acceptors (Lipinski definition) is 11. The number of fused-ring (bicyclic) bond motifs is 3. The molecule has 8 rings (SSSR count). The van der Waals surface area contributed by atoms with Crippen molar-refractivity contribution < 1.29 is 48.6 Å². The van der Waals surface area contributed by atoms with E-state index in [0.717, 1.165) is 91.2 Å². The average Bonchev–Trinajstić information content (AvgIpc) is 4.15. The highest BCUT2D eigenvalue weighted by Crippen LogP contribution is 2.62. The van der Waals surface area contributed by atoms with E-state index in [9.17, 15) is 20.1 Å². The van der Waals surface area contributed by atoms with Crippen molar-refractivity contribution in [2.75, 3.05) is 52.8 Å². The lowest BCUT2D eigenvalue weighted by Crippen LogP contribution is -2.70. The maximum atomic E-state index is 14.6. The van der Waals surface area contributed by atoms with Crippen LogP contribution in [0.25, 0.3) is 10.8 Å².